The largest absolute Gasteiger partial charge is 0.472 e. The van der Waals surface area contributed by atoms with E-state index in [1.807, 2.05) is 13.8 Å². The lowest BCUT2D eigenvalue weighted by Crippen LogP contribution is -2.44. The normalized spacial score (nSPS) is 17.4. The topological polar surface area (TPSA) is 94.9 Å². The number of likely N-dealkylation sites (tertiary alicyclic amines) is 1. The van der Waals surface area contributed by atoms with Crippen molar-refractivity contribution in [3.8, 4) is 11.9 Å². The fourth-order valence-electron chi connectivity index (χ4n) is 2.96. The molecule has 0 bridgehead atoms. The summed E-state index contributed by atoms with van der Waals surface area (Å²) in [7, 11) is 0. The van der Waals surface area contributed by atoms with E-state index in [2.05, 4.69) is 21.3 Å². The summed E-state index contributed by atoms with van der Waals surface area (Å²) in [5.74, 6) is 0.398. The molecule has 7 heteroatoms. The Kier molecular flexibility index (Phi) is 4.47. The highest BCUT2D eigenvalue weighted by Gasteiger charge is 2.28. The van der Waals surface area contributed by atoms with Gasteiger partial charge in [-0.15, -0.1) is 0 Å². The Balaban J connectivity index is 1.70. The molecular weight excluding hydrogens is 306 g/mol. The lowest BCUT2D eigenvalue weighted by atomic mass is 10.1. The summed E-state index contributed by atoms with van der Waals surface area (Å²) in [6.45, 7) is 4.88. The zero-order valence-electron chi connectivity index (χ0n) is 13.7. The molecule has 3 heterocycles. The summed E-state index contributed by atoms with van der Waals surface area (Å²) in [4.78, 5) is 18.7. The zero-order chi connectivity index (χ0) is 17.1. The quantitative estimate of drug-likeness (QED) is 0.931. The third-order valence-electron chi connectivity index (χ3n) is 4.16. The molecule has 0 saturated carbocycles. The van der Waals surface area contributed by atoms with Crippen molar-refractivity contribution in [2.24, 2.45) is 0 Å². The van der Waals surface area contributed by atoms with Gasteiger partial charge in [0, 0.05) is 24.5 Å². The molecule has 0 spiro atoms. The standard InChI is InChI=1S/C17H19N5O2/c1-11-16(12(2)21-20-11)17(23)22-7-3-4-14(10-22)24-15-8-13(9-18)5-6-19-15/h5-6,8,14H,3-4,7,10H2,1-2H3,(H,20,21). The number of nitriles is 1. The summed E-state index contributed by atoms with van der Waals surface area (Å²) >= 11 is 0. The van der Waals surface area contributed by atoms with E-state index in [1.54, 1.807) is 23.2 Å². The molecule has 2 aromatic rings. The van der Waals surface area contributed by atoms with Crippen LogP contribution in [0.4, 0.5) is 0 Å². The summed E-state index contributed by atoms with van der Waals surface area (Å²) < 4.78 is 5.88. The van der Waals surface area contributed by atoms with Crippen LogP contribution in [-0.4, -0.2) is 45.2 Å². The first-order chi connectivity index (χ1) is 11.6. The van der Waals surface area contributed by atoms with E-state index in [4.69, 9.17) is 10.00 Å². The van der Waals surface area contributed by atoms with Gasteiger partial charge in [0.2, 0.25) is 5.88 Å². The van der Waals surface area contributed by atoms with Gasteiger partial charge in [-0.1, -0.05) is 0 Å². The smallest absolute Gasteiger partial charge is 0.257 e. The van der Waals surface area contributed by atoms with Crippen molar-refractivity contribution in [3.63, 3.8) is 0 Å². The van der Waals surface area contributed by atoms with Gasteiger partial charge in [-0.2, -0.15) is 10.4 Å². The highest BCUT2D eigenvalue weighted by atomic mass is 16.5. The molecule has 0 radical (unpaired) electrons. The average Bonchev–Trinajstić information content (AvgIpc) is 2.93. The molecular formula is C17H19N5O2. The molecule has 3 rings (SSSR count). The SMILES string of the molecule is Cc1n[nH]c(C)c1C(=O)N1CCCC(Oc2cc(C#N)ccn2)C1. The number of amides is 1. The van der Waals surface area contributed by atoms with Crippen molar-refractivity contribution < 1.29 is 9.53 Å². The van der Waals surface area contributed by atoms with Gasteiger partial charge in [0.1, 0.15) is 6.10 Å². The Morgan fingerprint density at radius 1 is 1.50 bits per heavy atom. The van der Waals surface area contributed by atoms with Crippen LogP contribution >= 0.6 is 0 Å². The first-order valence-corrected chi connectivity index (χ1v) is 7.92. The Morgan fingerprint density at radius 3 is 3.04 bits per heavy atom. The third kappa shape index (κ3) is 3.23. The molecule has 0 aliphatic carbocycles. The Hall–Kier alpha value is -2.88. The van der Waals surface area contributed by atoms with Crippen LogP contribution in [0.25, 0.3) is 0 Å². The number of piperidine rings is 1. The molecule has 1 aliphatic heterocycles. The summed E-state index contributed by atoms with van der Waals surface area (Å²) in [6.07, 6.45) is 3.14. The molecule has 1 fully saturated rings. The minimum atomic E-state index is -0.128. The van der Waals surface area contributed by atoms with Crippen LogP contribution in [-0.2, 0) is 0 Å². The third-order valence-corrected chi connectivity index (χ3v) is 4.16. The number of hydrogen-bond donors (Lipinski definition) is 1. The van der Waals surface area contributed by atoms with E-state index in [0.29, 0.717) is 35.8 Å². The van der Waals surface area contributed by atoms with Crippen LogP contribution in [0, 0.1) is 25.2 Å². The van der Waals surface area contributed by atoms with Crippen LogP contribution in [0.2, 0.25) is 0 Å². The number of H-pyrrole nitrogens is 1. The van der Waals surface area contributed by atoms with Gasteiger partial charge in [0.15, 0.2) is 0 Å². The van der Waals surface area contributed by atoms with Gasteiger partial charge in [0.25, 0.3) is 5.91 Å². The van der Waals surface area contributed by atoms with Crippen molar-refractivity contribution in [2.45, 2.75) is 32.8 Å². The van der Waals surface area contributed by atoms with Gasteiger partial charge in [-0.05, 0) is 32.8 Å². The molecule has 1 atom stereocenters. The predicted octanol–water partition coefficient (Wildman–Crippen LogP) is 1.98. The van der Waals surface area contributed by atoms with E-state index in [-0.39, 0.29) is 12.0 Å². The van der Waals surface area contributed by atoms with E-state index in [1.165, 1.54) is 0 Å². The molecule has 0 aromatic carbocycles. The summed E-state index contributed by atoms with van der Waals surface area (Å²) in [5.41, 5.74) is 2.64. The fourth-order valence-corrected chi connectivity index (χ4v) is 2.96. The minimum Gasteiger partial charge on any atom is -0.472 e. The van der Waals surface area contributed by atoms with Crippen molar-refractivity contribution >= 4 is 5.91 Å². The molecule has 24 heavy (non-hydrogen) atoms. The molecule has 2 aromatic heterocycles. The van der Waals surface area contributed by atoms with Crippen molar-refractivity contribution in [1.82, 2.24) is 20.1 Å². The summed E-state index contributed by atoms with van der Waals surface area (Å²) in [6, 6.07) is 5.32. The van der Waals surface area contributed by atoms with Crippen LogP contribution < -0.4 is 4.74 Å². The average molecular weight is 325 g/mol. The Labute approximate surface area is 140 Å². The highest BCUT2D eigenvalue weighted by Crippen LogP contribution is 2.20. The van der Waals surface area contributed by atoms with Gasteiger partial charge in [-0.25, -0.2) is 4.98 Å². The van der Waals surface area contributed by atoms with Gasteiger partial charge >= 0.3 is 0 Å². The fraction of sp³-hybridized carbons (Fsp3) is 0.412. The second kappa shape index (κ2) is 6.71. The number of rotatable bonds is 3. The maximum Gasteiger partial charge on any atom is 0.257 e. The number of carbonyl (C=O) groups is 1. The molecule has 7 nitrogen and oxygen atoms in total. The maximum atomic E-state index is 12.8. The van der Waals surface area contributed by atoms with Crippen LogP contribution in [0.3, 0.4) is 0 Å². The number of aromatic nitrogens is 3. The van der Waals surface area contributed by atoms with E-state index in [9.17, 15) is 4.79 Å². The molecule has 124 valence electrons. The predicted molar refractivity (Wildman–Crippen MR) is 86.6 cm³/mol. The van der Waals surface area contributed by atoms with Gasteiger partial charge < -0.3 is 9.64 Å². The maximum absolute atomic E-state index is 12.8. The number of aryl methyl sites for hydroxylation is 2. The molecule has 1 amide bonds. The first kappa shape index (κ1) is 16.0. The molecule has 1 N–H and O–H groups in total. The van der Waals surface area contributed by atoms with Gasteiger partial charge in [0.05, 0.1) is 29.4 Å². The minimum absolute atomic E-state index is 0.0224. The van der Waals surface area contributed by atoms with E-state index in [0.717, 1.165) is 18.5 Å². The van der Waals surface area contributed by atoms with Crippen molar-refractivity contribution in [3.05, 3.63) is 40.8 Å². The number of ether oxygens (including phenoxy) is 1. The van der Waals surface area contributed by atoms with Gasteiger partial charge in [-0.3, -0.25) is 9.89 Å². The molecule has 1 unspecified atom stereocenters. The molecule has 1 saturated heterocycles. The first-order valence-electron chi connectivity index (χ1n) is 7.92. The number of carbonyl (C=O) groups excluding carboxylic acids is 1. The monoisotopic (exact) mass is 325 g/mol. The Morgan fingerprint density at radius 2 is 2.33 bits per heavy atom. The second-order valence-corrected chi connectivity index (χ2v) is 5.94. The van der Waals surface area contributed by atoms with E-state index < -0.39 is 0 Å². The van der Waals surface area contributed by atoms with Crippen LogP contribution in [0.15, 0.2) is 18.3 Å². The molecule has 1 aliphatic rings. The van der Waals surface area contributed by atoms with Crippen LogP contribution in [0.5, 0.6) is 5.88 Å². The lowest BCUT2D eigenvalue weighted by Gasteiger charge is -2.32. The van der Waals surface area contributed by atoms with Crippen molar-refractivity contribution in [1.29, 1.82) is 5.26 Å². The number of pyridine rings is 1. The summed E-state index contributed by atoms with van der Waals surface area (Å²) in [5, 5.41) is 15.9. The van der Waals surface area contributed by atoms with E-state index >= 15 is 0 Å². The zero-order valence-corrected chi connectivity index (χ0v) is 13.7. The number of aromatic amines is 1. The van der Waals surface area contributed by atoms with Crippen molar-refractivity contribution in [2.75, 3.05) is 13.1 Å². The Bertz CT molecular complexity index is 773. The number of hydrogen-bond acceptors (Lipinski definition) is 5. The van der Waals surface area contributed by atoms with Crippen LogP contribution in [0.1, 0.15) is 40.2 Å². The highest BCUT2D eigenvalue weighted by molar-refractivity contribution is 5.96. The number of nitrogens with one attached hydrogen (secondary N) is 1. The lowest BCUT2D eigenvalue weighted by molar-refractivity contribution is 0.0526. The second-order valence-electron chi connectivity index (χ2n) is 5.94. The number of nitrogens with zero attached hydrogens (tertiary/aromatic N) is 4.